The molecular weight excluding hydrogens is 391 g/mol. The molecule has 0 aliphatic carbocycles. The summed E-state index contributed by atoms with van der Waals surface area (Å²) in [5.41, 5.74) is 0.0790. The molecule has 0 spiro atoms. The van der Waals surface area contributed by atoms with Crippen molar-refractivity contribution in [3.63, 3.8) is 0 Å². The summed E-state index contributed by atoms with van der Waals surface area (Å²) in [6.45, 7) is 2.52. The summed E-state index contributed by atoms with van der Waals surface area (Å²) in [6.07, 6.45) is -1.13. The van der Waals surface area contributed by atoms with Crippen molar-refractivity contribution in [2.24, 2.45) is 0 Å². The van der Waals surface area contributed by atoms with E-state index in [1.165, 1.54) is 12.1 Å². The van der Waals surface area contributed by atoms with Gasteiger partial charge in [-0.3, -0.25) is 9.78 Å². The summed E-state index contributed by atoms with van der Waals surface area (Å²) in [7, 11) is 0. The lowest BCUT2D eigenvalue weighted by atomic mass is 10.2. The fourth-order valence-electron chi connectivity index (χ4n) is 2.49. The molecule has 0 aliphatic heterocycles. The molecule has 3 rings (SSSR count). The molecule has 0 atom stereocenters. The number of benzene rings is 1. The second-order valence-corrected chi connectivity index (χ2v) is 6.65. The molecule has 1 N–H and O–H groups in total. The van der Waals surface area contributed by atoms with Gasteiger partial charge in [0.25, 0.3) is 0 Å². The number of carbonyl (C=O) groups excluding carboxylic acids is 1. The highest BCUT2D eigenvalue weighted by Crippen LogP contribution is 2.30. The van der Waals surface area contributed by atoms with Gasteiger partial charge in [-0.2, -0.15) is 13.2 Å². The molecule has 28 heavy (non-hydrogen) atoms. The van der Waals surface area contributed by atoms with Gasteiger partial charge in [-0.15, -0.1) is 10.2 Å². The Labute approximate surface area is 163 Å². The summed E-state index contributed by atoms with van der Waals surface area (Å²) in [5, 5.41) is 11.3. The molecule has 146 valence electrons. The zero-order chi connectivity index (χ0) is 20.1. The lowest BCUT2D eigenvalue weighted by Gasteiger charge is -2.10. The van der Waals surface area contributed by atoms with E-state index >= 15 is 0 Å². The van der Waals surface area contributed by atoms with E-state index in [1.54, 1.807) is 18.5 Å². The largest absolute Gasteiger partial charge is 0.416 e. The molecule has 6 nitrogen and oxygen atoms in total. The Balaban J connectivity index is 1.66. The number of alkyl halides is 3. The Morgan fingerprint density at radius 2 is 2.04 bits per heavy atom. The van der Waals surface area contributed by atoms with E-state index < -0.39 is 17.6 Å². The number of carbonyl (C=O) groups is 1. The first kappa shape index (κ1) is 19.9. The first-order chi connectivity index (χ1) is 13.4. The van der Waals surface area contributed by atoms with E-state index in [9.17, 15) is 18.0 Å². The predicted molar refractivity (Wildman–Crippen MR) is 99.7 cm³/mol. The van der Waals surface area contributed by atoms with Crippen molar-refractivity contribution in [2.75, 3.05) is 11.1 Å². The SMILES string of the molecule is CCn1c(SCC(=O)Nc2cccc(C(F)(F)F)c2)nnc1-c1cccnc1. The Morgan fingerprint density at radius 1 is 1.21 bits per heavy atom. The number of amides is 1. The van der Waals surface area contributed by atoms with Crippen LogP contribution in [0.4, 0.5) is 18.9 Å². The summed E-state index contributed by atoms with van der Waals surface area (Å²) < 4.78 is 40.1. The van der Waals surface area contributed by atoms with Gasteiger partial charge < -0.3 is 9.88 Å². The van der Waals surface area contributed by atoms with Crippen LogP contribution in [0.1, 0.15) is 12.5 Å². The minimum Gasteiger partial charge on any atom is -0.325 e. The van der Waals surface area contributed by atoms with Crippen LogP contribution in [0.5, 0.6) is 0 Å². The molecule has 10 heteroatoms. The molecule has 1 aromatic carbocycles. The van der Waals surface area contributed by atoms with E-state index in [1.807, 2.05) is 17.6 Å². The number of aromatic nitrogens is 4. The number of hydrogen-bond donors (Lipinski definition) is 1. The number of nitrogens with zero attached hydrogens (tertiary/aromatic N) is 4. The van der Waals surface area contributed by atoms with Gasteiger partial charge in [0, 0.05) is 30.2 Å². The fraction of sp³-hybridized carbons (Fsp3) is 0.222. The van der Waals surface area contributed by atoms with Gasteiger partial charge >= 0.3 is 6.18 Å². The fourth-order valence-corrected chi connectivity index (χ4v) is 3.29. The molecule has 2 aromatic heterocycles. The van der Waals surface area contributed by atoms with E-state index in [-0.39, 0.29) is 11.4 Å². The second kappa shape index (κ2) is 8.42. The second-order valence-electron chi connectivity index (χ2n) is 5.71. The van der Waals surface area contributed by atoms with Crippen molar-refractivity contribution in [3.05, 3.63) is 54.4 Å². The topological polar surface area (TPSA) is 72.7 Å². The lowest BCUT2D eigenvalue weighted by Crippen LogP contribution is -2.15. The van der Waals surface area contributed by atoms with Crippen molar-refractivity contribution < 1.29 is 18.0 Å². The number of halogens is 3. The van der Waals surface area contributed by atoms with Gasteiger partial charge in [-0.25, -0.2) is 0 Å². The van der Waals surface area contributed by atoms with E-state index in [0.29, 0.717) is 17.5 Å². The van der Waals surface area contributed by atoms with Crippen LogP contribution in [0.3, 0.4) is 0 Å². The highest BCUT2D eigenvalue weighted by Gasteiger charge is 2.30. The molecule has 0 fully saturated rings. The van der Waals surface area contributed by atoms with Crippen LogP contribution < -0.4 is 5.32 Å². The molecule has 3 aromatic rings. The Hall–Kier alpha value is -2.88. The number of thioether (sulfide) groups is 1. The van der Waals surface area contributed by atoms with Crippen molar-refractivity contribution in [1.29, 1.82) is 0 Å². The van der Waals surface area contributed by atoms with Crippen LogP contribution in [0, 0.1) is 0 Å². The van der Waals surface area contributed by atoms with Crippen molar-refractivity contribution >= 4 is 23.4 Å². The highest BCUT2D eigenvalue weighted by atomic mass is 32.2. The Bertz CT molecular complexity index is 959. The number of anilines is 1. The summed E-state index contributed by atoms with van der Waals surface area (Å²) in [5.74, 6) is 0.191. The minimum absolute atomic E-state index is 0.0125. The molecule has 2 heterocycles. The maximum atomic E-state index is 12.8. The third-order valence-electron chi connectivity index (χ3n) is 3.76. The molecule has 0 saturated carbocycles. The lowest BCUT2D eigenvalue weighted by molar-refractivity contribution is -0.137. The average Bonchev–Trinajstić information content (AvgIpc) is 3.09. The van der Waals surface area contributed by atoms with Gasteiger partial charge in [0.1, 0.15) is 0 Å². The van der Waals surface area contributed by atoms with Gasteiger partial charge in [-0.05, 0) is 37.3 Å². The summed E-state index contributed by atoms with van der Waals surface area (Å²) >= 11 is 1.16. The molecule has 0 radical (unpaired) electrons. The number of hydrogen-bond acceptors (Lipinski definition) is 5. The predicted octanol–water partition coefficient (Wildman–Crippen LogP) is 4.11. The smallest absolute Gasteiger partial charge is 0.325 e. The molecule has 1 amide bonds. The van der Waals surface area contributed by atoms with Crippen LogP contribution >= 0.6 is 11.8 Å². The minimum atomic E-state index is -4.46. The number of nitrogens with one attached hydrogen (secondary N) is 1. The van der Waals surface area contributed by atoms with Gasteiger partial charge in [0.2, 0.25) is 5.91 Å². The van der Waals surface area contributed by atoms with E-state index in [2.05, 4.69) is 20.5 Å². The van der Waals surface area contributed by atoms with Crippen LogP contribution in [-0.2, 0) is 17.5 Å². The third-order valence-corrected chi connectivity index (χ3v) is 4.73. The van der Waals surface area contributed by atoms with Crippen molar-refractivity contribution in [2.45, 2.75) is 24.8 Å². The first-order valence-corrected chi connectivity index (χ1v) is 9.30. The van der Waals surface area contributed by atoms with Crippen LogP contribution in [0.2, 0.25) is 0 Å². The van der Waals surface area contributed by atoms with Crippen LogP contribution in [0.25, 0.3) is 11.4 Å². The highest BCUT2D eigenvalue weighted by molar-refractivity contribution is 7.99. The number of rotatable bonds is 6. The van der Waals surface area contributed by atoms with Crippen molar-refractivity contribution in [3.8, 4) is 11.4 Å². The Morgan fingerprint density at radius 3 is 2.71 bits per heavy atom. The zero-order valence-corrected chi connectivity index (χ0v) is 15.6. The van der Waals surface area contributed by atoms with Gasteiger partial charge in [0.15, 0.2) is 11.0 Å². The van der Waals surface area contributed by atoms with E-state index in [0.717, 1.165) is 29.5 Å². The Kier molecular flexibility index (Phi) is 5.98. The van der Waals surface area contributed by atoms with Gasteiger partial charge in [0.05, 0.1) is 11.3 Å². The average molecular weight is 407 g/mol. The first-order valence-electron chi connectivity index (χ1n) is 8.32. The maximum Gasteiger partial charge on any atom is 0.416 e. The van der Waals surface area contributed by atoms with Gasteiger partial charge in [-0.1, -0.05) is 17.8 Å². The molecule has 0 aliphatic rings. The van der Waals surface area contributed by atoms with Crippen molar-refractivity contribution in [1.82, 2.24) is 19.7 Å². The molecule has 0 saturated heterocycles. The van der Waals surface area contributed by atoms with Crippen LogP contribution in [-0.4, -0.2) is 31.4 Å². The van der Waals surface area contributed by atoms with Crippen LogP contribution in [0.15, 0.2) is 53.9 Å². The maximum absolute atomic E-state index is 12.8. The zero-order valence-electron chi connectivity index (χ0n) is 14.8. The molecule has 0 bridgehead atoms. The monoisotopic (exact) mass is 407 g/mol. The summed E-state index contributed by atoms with van der Waals surface area (Å²) in [4.78, 5) is 16.2. The molecular formula is C18H16F3N5OS. The standard InChI is InChI=1S/C18H16F3N5OS/c1-2-26-16(12-5-4-8-22-10-12)24-25-17(26)28-11-15(27)23-14-7-3-6-13(9-14)18(19,20)21/h3-10H,2,11H2,1H3,(H,23,27). The third kappa shape index (κ3) is 4.69. The van der Waals surface area contributed by atoms with E-state index in [4.69, 9.17) is 0 Å². The normalized spacial score (nSPS) is 11.4. The number of pyridine rings is 1. The summed E-state index contributed by atoms with van der Waals surface area (Å²) in [6, 6.07) is 8.16. The quantitative estimate of drug-likeness (QED) is 0.623. The molecule has 0 unspecified atom stereocenters.